The number of nitrogens with zero attached hydrogens (tertiary/aromatic N) is 2. The second-order valence-electron chi connectivity index (χ2n) is 15.3. The van der Waals surface area contributed by atoms with Crippen LogP contribution < -0.4 is 4.40 Å². The monoisotopic (exact) mass is 889 g/mol. The predicted octanol–water partition coefficient (Wildman–Crippen LogP) is 11.6. The SMILES string of the molecule is CC(C)Cc1cc(-c2[c-]cccc2)nc[c]1[Ge]([CH3])([CH3])[CH3].CC(C)c1cnc(-c2[c-]ccc3c2oc2ccccc23)cc1CC1CCCC1.[Ir]. The summed E-state index contributed by atoms with van der Waals surface area (Å²) in [5, 5.41) is 2.29. The van der Waals surface area contributed by atoms with E-state index in [0.29, 0.717) is 11.8 Å². The zero-order valence-electron chi connectivity index (χ0n) is 30.2. The Morgan fingerprint density at radius 2 is 1.51 bits per heavy atom. The molecule has 7 rings (SSSR count). The van der Waals surface area contributed by atoms with Crippen LogP contribution in [0.25, 0.3) is 44.5 Å². The van der Waals surface area contributed by atoms with E-state index in [9.17, 15) is 0 Å². The van der Waals surface area contributed by atoms with Gasteiger partial charge in [0.05, 0.1) is 5.58 Å². The number of para-hydroxylation sites is 1. The Labute approximate surface area is 310 Å². The van der Waals surface area contributed by atoms with Gasteiger partial charge >= 0.3 is 126 Å². The summed E-state index contributed by atoms with van der Waals surface area (Å²) in [6.07, 6.45) is 12.0. The van der Waals surface area contributed by atoms with Crippen molar-refractivity contribution in [3.8, 4) is 22.5 Å². The van der Waals surface area contributed by atoms with Crippen LogP contribution in [-0.4, -0.2) is 23.2 Å². The van der Waals surface area contributed by atoms with Gasteiger partial charge in [-0.05, 0) is 41.1 Å². The van der Waals surface area contributed by atoms with E-state index in [-0.39, 0.29) is 20.1 Å². The number of hydrogen-bond donors (Lipinski definition) is 0. The minimum Gasteiger partial charge on any atom is -0.501 e. The van der Waals surface area contributed by atoms with Crippen molar-refractivity contribution in [3.05, 3.63) is 114 Å². The summed E-state index contributed by atoms with van der Waals surface area (Å²) >= 11 is -1.86. The molecule has 0 N–H and O–H groups in total. The molecule has 0 unspecified atom stereocenters. The number of rotatable bonds is 8. The molecule has 5 heteroatoms. The van der Waals surface area contributed by atoms with Gasteiger partial charge in [-0.25, -0.2) is 0 Å². The summed E-state index contributed by atoms with van der Waals surface area (Å²) in [6, 6.07) is 31.7. The van der Waals surface area contributed by atoms with Crippen LogP contribution in [0.2, 0.25) is 17.3 Å². The number of hydrogen-bond acceptors (Lipinski definition) is 3. The number of furan rings is 1. The third-order valence-electron chi connectivity index (χ3n) is 9.64. The molecule has 3 aromatic carbocycles. The van der Waals surface area contributed by atoms with Crippen LogP contribution in [-0.2, 0) is 32.9 Å². The van der Waals surface area contributed by atoms with Crippen molar-refractivity contribution in [2.45, 2.75) is 89.4 Å². The van der Waals surface area contributed by atoms with Gasteiger partial charge in [-0.15, -0.1) is 18.2 Å². The smallest absolute Gasteiger partial charge is 0.120 e. The molecule has 3 aromatic heterocycles. The maximum Gasteiger partial charge on any atom is 0.120 e. The Morgan fingerprint density at radius 3 is 2.20 bits per heavy atom. The predicted molar refractivity (Wildman–Crippen MR) is 206 cm³/mol. The second-order valence-corrected chi connectivity index (χ2v) is 25.9. The summed E-state index contributed by atoms with van der Waals surface area (Å²) in [5.41, 5.74) is 10.2. The fourth-order valence-corrected chi connectivity index (χ4v) is 10.6. The van der Waals surface area contributed by atoms with Crippen molar-refractivity contribution >= 4 is 39.6 Å². The quantitative estimate of drug-likeness (QED) is 0.113. The van der Waals surface area contributed by atoms with Crippen LogP contribution in [0.15, 0.2) is 89.6 Å². The van der Waals surface area contributed by atoms with Gasteiger partial charge in [0, 0.05) is 31.7 Å². The molecule has 49 heavy (non-hydrogen) atoms. The van der Waals surface area contributed by atoms with Crippen molar-refractivity contribution in [1.29, 1.82) is 0 Å². The molecule has 1 saturated carbocycles. The minimum absolute atomic E-state index is 0. The number of benzene rings is 3. The third-order valence-corrected chi connectivity index (χ3v) is 14.0. The Hall–Kier alpha value is -3.05. The van der Waals surface area contributed by atoms with Crippen LogP contribution in [0, 0.1) is 24.0 Å². The summed E-state index contributed by atoms with van der Waals surface area (Å²) in [7, 11) is 0. The van der Waals surface area contributed by atoms with Gasteiger partial charge < -0.3 is 9.40 Å². The van der Waals surface area contributed by atoms with Crippen LogP contribution in [0.5, 0.6) is 0 Å². The first-order chi connectivity index (χ1) is 23.1. The Kier molecular flexibility index (Phi) is 12.4. The zero-order chi connectivity index (χ0) is 33.8. The van der Waals surface area contributed by atoms with Crippen molar-refractivity contribution in [1.82, 2.24) is 9.97 Å². The van der Waals surface area contributed by atoms with Crippen LogP contribution in [0.1, 0.15) is 76.0 Å². The summed E-state index contributed by atoms with van der Waals surface area (Å²) in [6.45, 7) is 9.10. The molecule has 0 spiro atoms. The van der Waals surface area contributed by atoms with Crippen molar-refractivity contribution in [3.63, 3.8) is 0 Å². The van der Waals surface area contributed by atoms with Crippen LogP contribution in [0.3, 0.4) is 0 Å². The maximum atomic E-state index is 6.22. The molecule has 0 saturated heterocycles. The van der Waals surface area contributed by atoms with Gasteiger partial charge in [-0.2, -0.15) is 0 Å². The van der Waals surface area contributed by atoms with Gasteiger partial charge in [0.15, 0.2) is 0 Å². The molecule has 0 bridgehead atoms. The molecule has 0 atom stereocenters. The molecule has 1 fully saturated rings. The molecule has 3 nitrogen and oxygen atoms in total. The molecule has 6 aromatic rings. The number of fused-ring (bicyclic) bond motifs is 3. The van der Waals surface area contributed by atoms with Crippen LogP contribution >= 0.6 is 0 Å². The first-order valence-electron chi connectivity index (χ1n) is 17.9. The summed E-state index contributed by atoms with van der Waals surface area (Å²) in [5.74, 6) is 9.30. The number of pyridine rings is 2. The standard InChI is InChI=1S/C26H26NO.C18H24GeN.Ir/c1-17(2)23-16-27-24(15-19(23)14-18-8-3-4-9-18)22-12-7-11-21-20-10-5-6-13-25(20)28-26(21)22;1-14(2)11-16-12-18(15-9-7-6-8-10-15)20-13-17(16)19(3,4)5;/h5-7,10-11,13,15-18H,3-4,8-9,14H2,1-2H3;6-9,12-14H,11H2,1-5H3;/q2*-1;. The first kappa shape index (κ1) is 37.2. The van der Waals surface area contributed by atoms with E-state index in [1.165, 1.54) is 48.8 Å². The Morgan fingerprint density at radius 1 is 0.796 bits per heavy atom. The molecular formula is C44H50GeIrN2O-2. The Bertz CT molecular complexity index is 1980. The van der Waals surface area contributed by atoms with E-state index in [2.05, 4.69) is 106 Å². The van der Waals surface area contributed by atoms with Gasteiger partial charge in [0.2, 0.25) is 0 Å². The van der Waals surface area contributed by atoms with Gasteiger partial charge in [0.1, 0.15) is 5.58 Å². The fourth-order valence-electron chi connectivity index (χ4n) is 7.23. The molecule has 0 amide bonds. The maximum absolute atomic E-state index is 6.22. The normalized spacial score (nSPS) is 13.6. The molecule has 0 aliphatic heterocycles. The minimum atomic E-state index is -1.86. The molecule has 3 heterocycles. The van der Waals surface area contributed by atoms with Gasteiger partial charge in [0.25, 0.3) is 0 Å². The van der Waals surface area contributed by atoms with Gasteiger partial charge in [-0.3, -0.25) is 0 Å². The largest absolute Gasteiger partial charge is 0.501 e. The zero-order valence-corrected chi connectivity index (χ0v) is 34.7. The average molecular weight is 888 g/mol. The second kappa shape index (κ2) is 16.3. The third kappa shape index (κ3) is 8.82. The summed E-state index contributed by atoms with van der Waals surface area (Å²) in [4.78, 5) is 9.53. The Balaban J connectivity index is 0.000000199. The van der Waals surface area contributed by atoms with Gasteiger partial charge in [-0.1, -0.05) is 74.7 Å². The van der Waals surface area contributed by atoms with E-state index in [1.807, 2.05) is 36.4 Å². The van der Waals surface area contributed by atoms with Crippen molar-refractivity contribution < 1.29 is 24.5 Å². The number of aromatic nitrogens is 2. The molecule has 1 radical (unpaired) electrons. The van der Waals surface area contributed by atoms with E-state index in [0.717, 1.165) is 56.8 Å². The van der Waals surface area contributed by atoms with E-state index in [1.54, 1.807) is 4.40 Å². The fraction of sp³-hybridized carbons (Fsp3) is 0.364. The average Bonchev–Trinajstić information content (AvgIpc) is 3.72. The summed E-state index contributed by atoms with van der Waals surface area (Å²) < 4.78 is 7.76. The van der Waals surface area contributed by atoms with E-state index < -0.39 is 13.3 Å². The molecular weight excluding hydrogens is 837 g/mol. The van der Waals surface area contributed by atoms with E-state index in [4.69, 9.17) is 14.4 Å². The topological polar surface area (TPSA) is 38.9 Å². The molecule has 257 valence electrons. The first-order valence-corrected chi connectivity index (χ1v) is 25.2. The molecule has 1 aliphatic carbocycles. The van der Waals surface area contributed by atoms with Crippen molar-refractivity contribution in [2.24, 2.45) is 11.8 Å². The molecule has 1 aliphatic rings. The van der Waals surface area contributed by atoms with E-state index >= 15 is 0 Å². The van der Waals surface area contributed by atoms with Crippen LogP contribution in [0.4, 0.5) is 0 Å². The van der Waals surface area contributed by atoms with Crippen molar-refractivity contribution in [2.75, 3.05) is 0 Å².